The molecule has 0 N–H and O–H groups in total. The Morgan fingerprint density at radius 1 is 1.54 bits per heavy atom. The fraction of sp³-hybridized carbons (Fsp3) is 0.286. The molecule has 0 spiro atoms. The zero-order chi connectivity index (χ0) is 10.0. The summed E-state index contributed by atoms with van der Waals surface area (Å²) < 4.78 is 41.5. The van der Waals surface area contributed by atoms with Crippen molar-refractivity contribution in [1.29, 1.82) is 0 Å². The van der Waals surface area contributed by atoms with E-state index >= 15 is 0 Å². The number of rotatable bonds is 2. The van der Waals surface area contributed by atoms with Crippen LogP contribution < -0.4 is 4.74 Å². The van der Waals surface area contributed by atoms with Gasteiger partial charge in [0.25, 0.3) is 6.43 Å². The van der Waals surface area contributed by atoms with Crippen molar-refractivity contribution in [2.75, 3.05) is 7.11 Å². The highest BCUT2D eigenvalue weighted by atomic mass is 35.5. The van der Waals surface area contributed by atoms with Gasteiger partial charge in [-0.25, -0.2) is 8.78 Å². The average molecular weight is 212 g/mol. The van der Waals surface area contributed by atoms with Gasteiger partial charge in [0.1, 0.15) is 0 Å². The minimum absolute atomic E-state index is 0.447. The van der Waals surface area contributed by atoms with Crippen LogP contribution in [0, 0.1) is 5.95 Å². The molecule has 0 amide bonds. The molecule has 0 atom stereocenters. The molecular weight excluding hydrogens is 207 g/mol. The first kappa shape index (κ1) is 10.1. The van der Waals surface area contributed by atoms with Crippen molar-refractivity contribution >= 4 is 11.6 Å². The number of aromatic nitrogens is 1. The number of hydrogen-bond acceptors (Lipinski definition) is 2. The minimum atomic E-state index is -2.79. The van der Waals surface area contributed by atoms with E-state index in [0.29, 0.717) is 0 Å². The molecular formula is C7H5ClF3NO. The summed E-state index contributed by atoms with van der Waals surface area (Å²) in [5.74, 6) is -1.47. The lowest BCUT2D eigenvalue weighted by atomic mass is 10.3. The number of pyridine rings is 1. The maximum Gasteiger partial charge on any atom is 0.269 e. The van der Waals surface area contributed by atoms with Crippen molar-refractivity contribution in [1.82, 2.24) is 4.98 Å². The number of alkyl halides is 2. The second kappa shape index (κ2) is 3.83. The van der Waals surface area contributed by atoms with Crippen LogP contribution in [0.1, 0.15) is 12.0 Å². The highest BCUT2D eigenvalue weighted by Gasteiger charge is 2.18. The zero-order valence-corrected chi connectivity index (χ0v) is 7.28. The van der Waals surface area contributed by atoms with Crippen LogP contribution in [0.15, 0.2) is 6.07 Å². The van der Waals surface area contributed by atoms with Gasteiger partial charge in [-0.2, -0.15) is 9.37 Å². The Balaban J connectivity index is 3.25. The molecule has 0 fully saturated rings. The van der Waals surface area contributed by atoms with Crippen LogP contribution in [-0.4, -0.2) is 12.1 Å². The molecule has 1 rings (SSSR count). The number of ether oxygens (including phenoxy) is 1. The Kier molecular flexibility index (Phi) is 2.98. The number of methoxy groups -OCH3 is 1. The van der Waals surface area contributed by atoms with Crippen molar-refractivity contribution < 1.29 is 17.9 Å². The van der Waals surface area contributed by atoms with E-state index in [4.69, 9.17) is 11.6 Å². The summed E-state index contributed by atoms with van der Waals surface area (Å²) in [6.45, 7) is 0. The standard InChI is InChI=1S/C7H5ClF3NO/c1-13-7-3(5(9)10)2-4(8)6(11)12-7/h2,5H,1H3. The molecule has 0 aromatic carbocycles. The molecule has 6 heteroatoms. The van der Waals surface area contributed by atoms with Gasteiger partial charge in [-0.3, -0.25) is 0 Å². The Morgan fingerprint density at radius 2 is 2.15 bits per heavy atom. The minimum Gasteiger partial charge on any atom is -0.481 e. The molecule has 1 aromatic heterocycles. The molecule has 1 aromatic rings. The topological polar surface area (TPSA) is 22.1 Å². The van der Waals surface area contributed by atoms with Gasteiger partial charge in [0.15, 0.2) is 0 Å². The van der Waals surface area contributed by atoms with Gasteiger partial charge >= 0.3 is 0 Å². The van der Waals surface area contributed by atoms with Crippen molar-refractivity contribution in [3.8, 4) is 5.88 Å². The molecule has 13 heavy (non-hydrogen) atoms. The predicted octanol–water partition coefficient (Wildman–Crippen LogP) is 2.82. The van der Waals surface area contributed by atoms with E-state index in [0.717, 1.165) is 13.2 Å². The smallest absolute Gasteiger partial charge is 0.269 e. The summed E-state index contributed by atoms with van der Waals surface area (Å²) in [5.41, 5.74) is -0.520. The Hall–Kier alpha value is -0.970. The summed E-state index contributed by atoms with van der Waals surface area (Å²) in [6.07, 6.45) is -2.79. The predicted molar refractivity (Wildman–Crippen MR) is 40.7 cm³/mol. The summed E-state index contributed by atoms with van der Waals surface area (Å²) in [5, 5.41) is -0.448. The molecule has 0 bridgehead atoms. The van der Waals surface area contributed by atoms with Gasteiger partial charge in [-0.05, 0) is 6.07 Å². The normalized spacial score (nSPS) is 10.6. The lowest BCUT2D eigenvalue weighted by molar-refractivity contribution is 0.145. The van der Waals surface area contributed by atoms with E-state index in [1.807, 2.05) is 0 Å². The van der Waals surface area contributed by atoms with E-state index in [1.54, 1.807) is 0 Å². The highest BCUT2D eigenvalue weighted by molar-refractivity contribution is 6.30. The maximum absolute atomic E-state index is 12.6. The molecule has 0 saturated carbocycles. The van der Waals surface area contributed by atoms with Crippen molar-refractivity contribution in [3.05, 3.63) is 22.6 Å². The Bertz CT molecular complexity index is 319. The second-order valence-corrected chi connectivity index (χ2v) is 2.57. The van der Waals surface area contributed by atoms with Crippen LogP contribution in [-0.2, 0) is 0 Å². The van der Waals surface area contributed by atoms with Crippen molar-refractivity contribution in [2.45, 2.75) is 6.43 Å². The van der Waals surface area contributed by atoms with Crippen molar-refractivity contribution in [2.24, 2.45) is 0 Å². The molecule has 0 unspecified atom stereocenters. The molecule has 0 aliphatic heterocycles. The molecule has 0 saturated heterocycles. The van der Waals surface area contributed by atoms with Crippen LogP contribution >= 0.6 is 11.6 Å². The van der Waals surface area contributed by atoms with Gasteiger partial charge in [0.05, 0.1) is 17.7 Å². The average Bonchev–Trinajstić information content (AvgIpc) is 2.08. The third kappa shape index (κ3) is 2.03. The third-order valence-electron chi connectivity index (χ3n) is 1.35. The highest BCUT2D eigenvalue weighted by Crippen LogP contribution is 2.30. The molecule has 2 nitrogen and oxygen atoms in total. The molecule has 0 aliphatic carbocycles. The van der Waals surface area contributed by atoms with Crippen LogP contribution in [0.2, 0.25) is 5.02 Å². The van der Waals surface area contributed by atoms with E-state index in [9.17, 15) is 13.2 Å². The Morgan fingerprint density at radius 3 is 2.62 bits per heavy atom. The van der Waals surface area contributed by atoms with Gasteiger partial charge < -0.3 is 4.74 Å². The maximum atomic E-state index is 12.6. The van der Waals surface area contributed by atoms with E-state index in [2.05, 4.69) is 9.72 Å². The fourth-order valence-corrected chi connectivity index (χ4v) is 0.945. The van der Waals surface area contributed by atoms with Crippen LogP contribution in [0.4, 0.5) is 13.2 Å². The summed E-state index contributed by atoms with van der Waals surface area (Å²) in [6, 6.07) is 0.799. The Labute approximate surface area is 77.3 Å². The molecule has 1 heterocycles. The van der Waals surface area contributed by atoms with Gasteiger partial charge in [0, 0.05) is 0 Å². The monoisotopic (exact) mass is 211 g/mol. The third-order valence-corrected chi connectivity index (χ3v) is 1.62. The lowest BCUT2D eigenvalue weighted by Gasteiger charge is -2.06. The van der Waals surface area contributed by atoms with Gasteiger partial charge in [-0.15, -0.1) is 0 Å². The van der Waals surface area contributed by atoms with Gasteiger partial charge in [-0.1, -0.05) is 11.6 Å². The number of halogens is 4. The number of nitrogens with zero attached hydrogens (tertiary/aromatic N) is 1. The SMILES string of the molecule is COc1nc(F)c(Cl)cc1C(F)F. The van der Waals surface area contributed by atoms with Gasteiger partial charge in [0.2, 0.25) is 11.8 Å². The van der Waals surface area contributed by atoms with Crippen LogP contribution in [0.5, 0.6) is 5.88 Å². The summed E-state index contributed by atoms with van der Waals surface area (Å²) in [4.78, 5) is 3.11. The first-order valence-electron chi connectivity index (χ1n) is 3.24. The molecule has 72 valence electrons. The molecule has 0 aliphatic rings. The lowest BCUT2D eigenvalue weighted by Crippen LogP contribution is -1.98. The summed E-state index contributed by atoms with van der Waals surface area (Å²) in [7, 11) is 1.13. The number of hydrogen-bond donors (Lipinski definition) is 0. The van der Waals surface area contributed by atoms with E-state index in [1.165, 1.54) is 0 Å². The first-order chi connectivity index (χ1) is 6.06. The fourth-order valence-electron chi connectivity index (χ4n) is 0.785. The quantitative estimate of drug-likeness (QED) is 0.702. The van der Waals surface area contributed by atoms with Crippen LogP contribution in [0.25, 0.3) is 0 Å². The zero-order valence-electron chi connectivity index (χ0n) is 6.52. The van der Waals surface area contributed by atoms with E-state index < -0.39 is 28.8 Å². The second-order valence-electron chi connectivity index (χ2n) is 2.16. The molecule has 0 radical (unpaired) electrons. The summed E-state index contributed by atoms with van der Waals surface area (Å²) >= 11 is 5.26. The van der Waals surface area contributed by atoms with E-state index in [-0.39, 0.29) is 0 Å². The van der Waals surface area contributed by atoms with Crippen LogP contribution in [0.3, 0.4) is 0 Å². The first-order valence-corrected chi connectivity index (χ1v) is 3.62. The van der Waals surface area contributed by atoms with Crippen molar-refractivity contribution in [3.63, 3.8) is 0 Å². The largest absolute Gasteiger partial charge is 0.481 e.